The van der Waals surface area contributed by atoms with Crippen LogP contribution in [0.3, 0.4) is 0 Å². The fourth-order valence-corrected chi connectivity index (χ4v) is 2.39. The fourth-order valence-electron chi connectivity index (χ4n) is 2.39. The first-order valence-corrected chi connectivity index (χ1v) is 6.34. The highest BCUT2D eigenvalue weighted by Gasteiger charge is 2.15. The Bertz CT molecular complexity index is 371. The molecule has 0 fully saturated rings. The van der Waals surface area contributed by atoms with Gasteiger partial charge < -0.3 is 10.5 Å². The normalized spacial score (nSPS) is 12.9. The van der Waals surface area contributed by atoms with E-state index in [4.69, 9.17) is 10.5 Å². The van der Waals surface area contributed by atoms with E-state index in [2.05, 4.69) is 39.8 Å². The van der Waals surface area contributed by atoms with Crippen LogP contribution in [0, 0.1) is 19.8 Å². The van der Waals surface area contributed by atoms with Gasteiger partial charge in [-0.25, -0.2) is 0 Å². The first-order chi connectivity index (χ1) is 7.99. The molecule has 0 saturated carbocycles. The highest BCUT2D eigenvalue weighted by Crippen LogP contribution is 2.30. The largest absolute Gasteiger partial charge is 0.496 e. The minimum atomic E-state index is 0.458. The van der Waals surface area contributed by atoms with Crippen LogP contribution >= 0.6 is 0 Å². The third-order valence-corrected chi connectivity index (χ3v) is 3.26. The van der Waals surface area contributed by atoms with Crippen molar-refractivity contribution in [2.24, 2.45) is 11.7 Å². The lowest BCUT2D eigenvalue weighted by atomic mass is 9.87. The molecule has 2 N–H and O–H groups in total. The van der Waals surface area contributed by atoms with Gasteiger partial charge in [-0.05, 0) is 61.4 Å². The van der Waals surface area contributed by atoms with E-state index >= 15 is 0 Å². The summed E-state index contributed by atoms with van der Waals surface area (Å²) in [6.45, 7) is 9.43. The molecule has 2 heteroatoms. The summed E-state index contributed by atoms with van der Waals surface area (Å²) in [5.74, 6) is 2.09. The highest BCUT2D eigenvalue weighted by atomic mass is 16.5. The molecule has 0 aliphatic carbocycles. The first-order valence-electron chi connectivity index (χ1n) is 6.34. The van der Waals surface area contributed by atoms with Crippen molar-refractivity contribution in [1.29, 1.82) is 0 Å². The number of aryl methyl sites for hydroxylation is 2. The molecule has 0 aliphatic rings. The lowest BCUT2D eigenvalue weighted by molar-refractivity contribution is 0.410. The molecule has 17 heavy (non-hydrogen) atoms. The van der Waals surface area contributed by atoms with E-state index in [0.717, 1.165) is 12.2 Å². The Kier molecular flexibility index (Phi) is 5.01. The third-order valence-electron chi connectivity index (χ3n) is 3.26. The molecule has 1 atom stereocenters. The van der Waals surface area contributed by atoms with E-state index in [0.29, 0.717) is 18.4 Å². The Balaban J connectivity index is 3.07. The maximum atomic E-state index is 5.91. The number of nitrogens with two attached hydrogens (primary N) is 1. The topological polar surface area (TPSA) is 35.2 Å². The van der Waals surface area contributed by atoms with Crippen LogP contribution in [-0.2, 0) is 0 Å². The molecule has 1 unspecified atom stereocenters. The van der Waals surface area contributed by atoms with E-state index in [1.165, 1.54) is 16.7 Å². The van der Waals surface area contributed by atoms with Gasteiger partial charge in [0.25, 0.3) is 0 Å². The highest BCUT2D eigenvalue weighted by molar-refractivity contribution is 5.43. The van der Waals surface area contributed by atoms with Crippen LogP contribution in [0.5, 0.6) is 5.75 Å². The van der Waals surface area contributed by atoms with Gasteiger partial charge in [0.05, 0.1) is 7.11 Å². The van der Waals surface area contributed by atoms with Crippen LogP contribution in [0.1, 0.15) is 42.9 Å². The molecule has 1 rings (SSSR count). The minimum absolute atomic E-state index is 0.458. The van der Waals surface area contributed by atoms with Crippen molar-refractivity contribution < 1.29 is 4.74 Å². The molecule has 0 aliphatic heterocycles. The molecular formula is C15H25NO. The Morgan fingerprint density at radius 3 is 2.29 bits per heavy atom. The molecule has 0 radical (unpaired) electrons. The Hall–Kier alpha value is -1.02. The second kappa shape index (κ2) is 6.06. The van der Waals surface area contributed by atoms with Gasteiger partial charge in [0.2, 0.25) is 0 Å². The molecule has 0 spiro atoms. The molecule has 0 saturated heterocycles. The predicted molar refractivity (Wildman–Crippen MR) is 73.7 cm³/mol. The van der Waals surface area contributed by atoms with E-state index in [1.54, 1.807) is 7.11 Å². The number of benzene rings is 1. The van der Waals surface area contributed by atoms with Crippen molar-refractivity contribution in [2.75, 3.05) is 13.7 Å². The Morgan fingerprint density at radius 2 is 1.82 bits per heavy atom. The molecule has 2 nitrogen and oxygen atoms in total. The molecule has 0 bridgehead atoms. The summed E-state index contributed by atoms with van der Waals surface area (Å²) in [6.07, 6.45) is 1.14. The molecule has 96 valence electrons. The number of ether oxygens (including phenoxy) is 1. The fraction of sp³-hybridized carbons (Fsp3) is 0.600. The number of hydrogen-bond acceptors (Lipinski definition) is 2. The molecule has 1 aromatic rings. The summed E-state index contributed by atoms with van der Waals surface area (Å²) in [6, 6.07) is 4.35. The first kappa shape index (κ1) is 14.0. The minimum Gasteiger partial charge on any atom is -0.496 e. The summed E-state index contributed by atoms with van der Waals surface area (Å²) < 4.78 is 5.34. The standard InChI is InChI=1S/C15H25NO/c1-10(2)6-13(9-16)14-7-12(4)15(17-5)8-11(14)3/h7-8,10,13H,6,9,16H2,1-5H3. The van der Waals surface area contributed by atoms with E-state index in [1.807, 2.05) is 0 Å². The van der Waals surface area contributed by atoms with E-state index in [9.17, 15) is 0 Å². The lowest BCUT2D eigenvalue weighted by Crippen LogP contribution is -2.16. The Labute approximate surface area is 105 Å². The van der Waals surface area contributed by atoms with Crippen LogP contribution in [0.2, 0.25) is 0 Å². The van der Waals surface area contributed by atoms with Crippen molar-refractivity contribution in [2.45, 2.75) is 40.0 Å². The monoisotopic (exact) mass is 235 g/mol. The number of methoxy groups -OCH3 is 1. The average Bonchev–Trinajstić information content (AvgIpc) is 2.28. The van der Waals surface area contributed by atoms with Gasteiger partial charge in [-0.15, -0.1) is 0 Å². The predicted octanol–water partition coefficient (Wildman–Crippen LogP) is 3.40. The smallest absolute Gasteiger partial charge is 0.122 e. The Morgan fingerprint density at radius 1 is 1.18 bits per heavy atom. The van der Waals surface area contributed by atoms with Gasteiger partial charge >= 0.3 is 0 Å². The molecular weight excluding hydrogens is 210 g/mol. The summed E-state index contributed by atoms with van der Waals surface area (Å²) in [4.78, 5) is 0. The van der Waals surface area contributed by atoms with Gasteiger partial charge in [0.15, 0.2) is 0 Å². The van der Waals surface area contributed by atoms with Gasteiger partial charge in [0.1, 0.15) is 5.75 Å². The third kappa shape index (κ3) is 3.47. The maximum absolute atomic E-state index is 5.91. The number of hydrogen-bond donors (Lipinski definition) is 1. The second-order valence-electron chi connectivity index (χ2n) is 5.24. The van der Waals surface area contributed by atoms with Crippen molar-refractivity contribution in [1.82, 2.24) is 0 Å². The van der Waals surface area contributed by atoms with Crippen molar-refractivity contribution in [3.05, 3.63) is 28.8 Å². The summed E-state index contributed by atoms with van der Waals surface area (Å²) >= 11 is 0. The van der Waals surface area contributed by atoms with Crippen molar-refractivity contribution >= 4 is 0 Å². The summed E-state index contributed by atoms with van der Waals surface area (Å²) in [7, 11) is 1.72. The quantitative estimate of drug-likeness (QED) is 0.849. The van der Waals surface area contributed by atoms with E-state index < -0.39 is 0 Å². The van der Waals surface area contributed by atoms with Crippen LogP contribution in [0.4, 0.5) is 0 Å². The van der Waals surface area contributed by atoms with Crippen LogP contribution in [-0.4, -0.2) is 13.7 Å². The van der Waals surface area contributed by atoms with Gasteiger partial charge in [0, 0.05) is 0 Å². The van der Waals surface area contributed by atoms with Crippen molar-refractivity contribution in [3.63, 3.8) is 0 Å². The van der Waals surface area contributed by atoms with Crippen LogP contribution in [0.25, 0.3) is 0 Å². The zero-order valence-electron chi connectivity index (χ0n) is 11.7. The van der Waals surface area contributed by atoms with Crippen LogP contribution < -0.4 is 10.5 Å². The van der Waals surface area contributed by atoms with Gasteiger partial charge in [-0.2, -0.15) is 0 Å². The molecule has 1 aromatic carbocycles. The molecule has 0 aromatic heterocycles. The molecule has 0 amide bonds. The van der Waals surface area contributed by atoms with Gasteiger partial charge in [-0.1, -0.05) is 19.9 Å². The summed E-state index contributed by atoms with van der Waals surface area (Å²) in [5, 5.41) is 0. The summed E-state index contributed by atoms with van der Waals surface area (Å²) in [5.41, 5.74) is 9.76. The zero-order chi connectivity index (χ0) is 13.0. The van der Waals surface area contributed by atoms with E-state index in [-0.39, 0.29) is 0 Å². The SMILES string of the molecule is COc1cc(C)c(C(CN)CC(C)C)cc1C. The van der Waals surface area contributed by atoms with Gasteiger partial charge in [-0.3, -0.25) is 0 Å². The second-order valence-corrected chi connectivity index (χ2v) is 5.24. The van der Waals surface area contributed by atoms with Crippen molar-refractivity contribution in [3.8, 4) is 5.75 Å². The van der Waals surface area contributed by atoms with Crippen LogP contribution in [0.15, 0.2) is 12.1 Å². The number of rotatable bonds is 5. The lowest BCUT2D eigenvalue weighted by Gasteiger charge is -2.21. The maximum Gasteiger partial charge on any atom is 0.122 e. The zero-order valence-corrected chi connectivity index (χ0v) is 11.7. The average molecular weight is 235 g/mol. The molecule has 0 heterocycles.